The number of nitrogens with zero attached hydrogens (tertiary/aromatic N) is 5. The molecule has 0 bridgehead atoms. The summed E-state index contributed by atoms with van der Waals surface area (Å²) in [7, 11) is 3.50. The number of carbonyl (C=O) groups is 1. The molecule has 1 amide bonds. The Bertz CT molecular complexity index is 937. The van der Waals surface area contributed by atoms with E-state index in [4.69, 9.17) is 4.42 Å². The summed E-state index contributed by atoms with van der Waals surface area (Å²) in [6, 6.07) is 9.10. The zero-order valence-electron chi connectivity index (χ0n) is 15.1. The quantitative estimate of drug-likeness (QED) is 0.753. The number of amides is 1. The SMILES string of the molecule is CNc1cc(C)nc(-c2cccc(C(=O)N(C)Cc3nnc(C)o3)c2)n1. The summed E-state index contributed by atoms with van der Waals surface area (Å²) in [5.74, 6) is 2.02. The Morgan fingerprint density at radius 3 is 2.69 bits per heavy atom. The molecule has 0 aliphatic heterocycles. The highest BCUT2D eigenvalue weighted by molar-refractivity contribution is 5.95. The molecule has 0 spiro atoms. The number of nitrogens with one attached hydrogen (secondary N) is 1. The molecule has 1 aromatic carbocycles. The van der Waals surface area contributed by atoms with Crippen molar-refractivity contribution in [3.8, 4) is 11.4 Å². The van der Waals surface area contributed by atoms with E-state index in [9.17, 15) is 4.79 Å². The van der Waals surface area contributed by atoms with E-state index in [2.05, 4.69) is 25.5 Å². The lowest BCUT2D eigenvalue weighted by Gasteiger charge is -2.15. The predicted octanol–water partition coefficient (Wildman–Crippen LogP) is 2.46. The van der Waals surface area contributed by atoms with Crippen molar-refractivity contribution in [1.29, 1.82) is 0 Å². The average Bonchev–Trinajstić information content (AvgIpc) is 3.05. The normalized spacial score (nSPS) is 10.6. The first-order chi connectivity index (χ1) is 12.5. The molecule has 0 saturated carbocycles. The number of anilines is 1. The van der Waals surface area contributed by atoms with E-state index in [1.165, 1.54) is 4.90 Å². The van der Waals surface area contributed by atoms with Crippen molar-refractivity contribution in [2.45, 2.75) is 20.4 Å². The van der Waals surface area contributed by atoms with Crippen molar-refractivity contribution in [1.82, 2.24) is 25.1 Å². The minimum absolute atomic E-state index is 0.149. The average molecular weight is 352 g/mol. The summed E-state index contributed by atoms with van der Waals surface area (Å²) in [6.07, 6.45) is 0. The molecule has 0 aliphatic rings. The van der Waals surface area contributed by atoms with E-state index in [0.29, 0.717) is 23.2 Å². The lowest BCUT2D eigenvalue weighted by atomic mass is 10.1. The van der Waals surface area contributed by atoms with Gasteiger partial charge in [0, 0.05) is 43.9 Å². The maximum Gasteiger partial charge on any atom is 0.254 e. The molecule has 0 radical (unpaired) electrons. The smallest absolute Gasteiger partial charge is 0.254 e. The number of benzene rings is 1. The molecule has 2 aromatic heterocycles. The van der Waals surface area contributed by atoms with E-state index < -0.39 is 0 Å². The molecule has 3 aromatic rings. The minimum Gasteiger partial charge on any atom is -0.424 e. The topological polar surface area (TPSA) is 97.0 Å². The number of aromatic nitrogens is 4. The van der Waals surface area contributed by atoms with Gasteiger partial charge < -0.3 is 14.6 Å². The second kappa shape index (κ2) is 7.30. The van der Waals surface area contributed by atoms with Crippen LogP contribution in [0.1, 0.15) is 27.8 Å². The highest BCUT2D eigenvalue weighted by Crippen LogP contribution is 2.20. The molecule has 0 aliphatic carbocycles. The van der Waals surface area contributed by atoms with E-state index in [-0.39, 0.29) is 12.5 Å². The van der Waals surface area contributed by atoms with Crippen LogP contribution in [0.3, 0.4) is 0 Å². The third-order valence-corrected chi connectivity index (χ3v) is 3.77. The fourth-order valence-corrected chi connectivity index (χ4v) is 2.51. The van der Waals surface area contributed by atoms with Gasteiger partial charge in [0.25, 0.3) is 5.91 Å². The van der Waals surface area contributed by atoms with Gasteiger partial charge in [-0.15, -0.1) is 10.2 Å². The number of hydrogen-bond donors (Lipinski definition) is 1. The van der Waals surface area contributed by atoms with Gasteiger partial charge in [-0.2, -0.15) is 0 Å². The van der Waals surface area contributed by atoms with Gasteiger partial charge in [0.2, 0.25) is 11.8 Å². The van der Waals surface area contributed by atoms with Gasteiger partial charge in [-0.3, -0.25) is 4.79 Å². The van der Waals surface area contributed by atoms with E-state index in [1.807, 2.05) is 25.1 Å². The van der Waals surface area contributed by atoms with Gasteiger partial charge in [-0.05, 0) is 19.1 Å². The minimum atomic E-state index is -0.149. The van der Waals surface area contributed by atoms with Gasteiger partial charge in [-0.1, -0.05) is 12.1 Å². The van der Waals surface area contributed by atoms with Crippen molar-refractivity contribution >= 4 is 11.7 Å². The fourth-order valence-electron chi connectivity index (χ4n) is 2.51. The van der Waals surface area contributed by atoms with Crippen LogP contribution in [0.25, 0.3) is 11.4 Å². The number of rotatable bonds is 5. The number of carbonyl (C=O) groups excluding carboxylic acids is 1. The first-order valence-corrected chi connectivity index (χ1v) is 8.14. The fraction of sp³-hybridized carbons (Fsp3) is 0.278. The van der Waals surface area contributed by atoms with Gasteiger partial charge in [-0.25, -0.2) is 9.97 Å². The first kappa shape index (κ1) is 17.5. The predicted molar refractivity (Wildman–Crippen MR) is 96.6 cm³/mol. The van der Waals surface area contributed by atoms with Crippen LogP contribution in [0.4, 0.5) is 5.82 Å². The van der Waals surface area contributed by atoms with Crippen molar-refractivity contribution in [3.05, 3.63) is 53.4 Å². The van der Waals surface area contributed by atoms with Crippen LogP contribution in [0.5, 0.6) is 0 Å². The van der Waals surface area contributed by atoms with Gasteiger partial charge >= 0.3 is 0 Å². The van der Waals surface area contributed by atoms with Crippen LogP contribution in [0.15, 0.2) is 34.7 Å². The highest BCUT2D eigenvalue weighted by atomic mass is 16.4. The summed E-state index contributed by atoms with van der Waals surface area (Å²) in [5, 5.41) is 10.7. The molecular formula is C18H20N6O2. The Labute approximate surface area is 151 Å². The molecule has 0 fully saturated rings. The molecule has 3 rings (SSSR count). The third-order valence-electron chi connectivity index (χ3n) is 3.77. The van der Waals surface area contributed by atoms with Crippen molar-refractivity contribution in [2.75, 3.05) is 19.4 Å². The Morgan fingerprint density at radius 1 is 1.19 bits per heavy atom. The number of aryl methyl sites for hydroxylation is 2. The first-order valence-electron chi connectivity index (χ1n) is 8.14. The van der Waals surface area contributed by atoms with Crippen LogP contribution in [0.2, 0.25) is 0 Å². The van der Waals surface area contributed by atoms with Gasteiger partial charge in [0.1, 0.15) is 5.82 Å². The monoisotopic (exact) mass is 352 g/mol. The van der Waals surface area contributed by atoms with Gasteiger partial charge in [0.05, 0.1) is 6.54 Å². The molecule has 0 saturated heterocycles. The summed E-state index contributed by atoms with van der Waals surface area (Å²) >= 11 is 0. The summed E-state index contributed by atoms with van der Waals surface area (Å²) in [5.41, 5.74) is 2.16. The molecular weight excluding hydrogens is 332 g/mol. The van der Waals surface area contributed by atoms with Crippen LogP contribution < -0.4 is 5.32 Å². The molecule has 8 heteroatoms. The highest BCUT2D eigenvalue weighted by Gasteiger charge is 2.16. The van der Waals surface area contributed by atoms with Crippen LogP contribution in [-0.2, 0) is 6.54 Å². The Balaban J connectivity index is 1.84. The summed E-state index contributed by atoms with van der Waals surface area (Å²) in [6.45, 7) is 3.86. The molecule has 1 N–H and O–H groups in total. The molecule has 2 heterocycles. The zero-order valence-corrected chi connectivity index (χ0v) is 15.1. The lowest BCUT2D eigenvalue weighted by molar-refractivity contribution is 0.0772. The zero-order chi connectivity index (χ0) is 18.7. The molecule has 26 heavy (non-hydrogen) atoms. The maximum absolute atomic E-state index is 12.7. The van der Waals surface area contributed by atoms with Gasteiger partial charge in [0.15, 0.2) is 5.82 Å². The standard InChI is InChI=1S/C18H20N6O2/c1-11-8-15(19-3)21-17(20-11)13-6-5-7-14(9-13)18(25)24(4)10-16-23-22-12(2)26-16/h5-9H,10H2,1-4H3,(H,19,20,21). The van der Waals surface area contributed by atoms with Crippen LogP contribution in [-0.4, -0.2) is 45.1 Å². The summed E-state index contributed by atoms with van der Waals surface area (Å²) in [4.78, 5) is 23.2. The molecule has 0 atom stereocenters. The van der Waals surface area contributed by atoms with Crippen LogP contribution in [0, 0.1) is 13.8 Å². The Hall–Kier alpha value is -3.29. The Kier molecular flexibility index (Phi) is 4.92. The molecule has 134 valence electrons. The molecule has 8 nitrogen and oxygen atoms in total. The van der Waals surface area contributed by atoms with Crippen molar-refractivity contribution < 1.29 is 9.21 Å². The van der Waals surface area contributed by atoms with E-state index in [1.54, 1.807) is 33.2 Å². The number of hydrogen-bond acceptors (Lipinski definition) is 7. The van der Waals surface area contributed by atoms with E-state index in [0.717, 1.165) is 17.1 Å². The second-order valence-electron chi connectivity index (χ2n) is 5.93. The van der Waals surface area contributed by atoms with E-state index >= 15 is 0 Å². The Morgan fingerprint density at radius 2 is 2.00 bits per heavy atom. The lowest BCUT2D eigenvalue weighted by Crippen LogP contribution is -2.26. The van der Waals surface area contributed by atoms with Crippen LogP contribution >= 0.6 is 0 Å². The molecule has 0 unspecified atom stereocenters. The maximum atomic E-state index is 12.7. The second-order valence-corrected chi connectivity index (χ2v) is 5.93. The van der Waals surface area contributed by atoms with Crippen molar-refractivity contribution in [3.63, 3.8) is 0 Å². The summed E-state index contributed by atoms with van der Waals surface area (Å²) < 4.78 is 5.33. The largest absolute Gasteiger partial charge is 0.424 e. The van der Waals surface area contributed by atoms with Crippen molar-refractivity contribution in [2.24, 2.45) is 0 Å². The third kappa shape index (κ3) is 3.85.